The third-order valence-electron chi connectivity index (χ3n) is 6.55. The zero-order valence-corrected chi connectivity index (χ0v) is 23.8. The number of aliphatic hydroxyl groups excluding tert-OH is 1. The summed E-state index contributed by atoms with van der Waals surface area (Å²) in [7, 11) is -4.30. The van der Waals surface area contributed by atoms with E-state index < -0.39 is 22.4 Å². The number of pyridine rings is 1. The minimum Gasteiger partial charge on any atom is -0.506 e. The van der Waals surface area contributed by atoms with Crippen molar-refractivity contribution in [2.45, 2.75) is 57.5 Å². The molecule has 0 saturated carbocycles. The lowest BCUT2D eigenvalue weighted by molar-refractivity contribution is -0.133. The van der Waals surface area contributed by atoms with Gasteiger partial charge in [-0.05, 0) is 67.5 Å². The first kappa shape index (κ1) is 32.2. The van der Waals surface area contributed by atoms with E-state index in [0.29, 0.717) is 41.8 Å². The van der Waals surface area contributed by atoms with Crippen LogP contribution in [0.1, 0.15) is 61.3 Å². The molecular weight excluding hydrogens is 550 g/mol. The molecule has 2 aromatic carbocycles. The molecule has 0 aliphatic heterocycles. The zero-order valence-electron chi connectivity index (χ0n) is 23.0. The number of hydrogen-bond donors (Lipinski definition) is 5. The number of benzene rings is 2. The van der Waals surface area contributed by atoms with E-state index in [9.17, 15) is 28.2 Å². The Morgan fingerprint density at radius 2 is 1.71 bits per heavy atom. The summed E-state index contributed by atoms with van der Waals surface area (Å²) in [5, 5.41) is 29.2. The number of hydrogen-bond acceptors (Lipinski definition) is 9. The minimum atomic E-state index is -4.30. The number of rotatable bonds is 18. The van der Waals surface area contributed by atoms with Gasteiger partial charge in [0.25, 0.3) is 0 Å². The van der Waals surface area contributed by atoms with Gasteiger partial charge in [-0.15, -0.1) is 0 Å². The van der Waals surface area contributed by atoms with Crippen molar-refractivity contribution in [1.29, 1.82) is 0 Å². The van der Waals surface area contributed by atoms with Gasteiger partial charge >= 0.3 is 16.3 Å². The van der Waals surface area contributed by atoms with Crippen molar-refractivity contribution in [1.82, 2.24) is 10.3 Å². The number of nitrogens with one attached hydrogen (secondary N) is 2. The number of aromatic nitrogens is 1. The molecule has 0 unspecified atom stereocenters. The molecule has 0 radical (unpaired) electrons. The molecule has 6 N–H and O–H groups in total. The Morgan fingerprint density at radius 1 is 0.976 bits per heavy atom. The number of unbranched alkanes of at least 4 members (excludes halogenated alkanes) is 4. The summed E-state index contributed by atoms with van der Waals surface area (Å²) >= 11 is 0. The predicted molar refractivity (Wildman–Crippen MR) is 156 cm³/mol. The third kappa shape index (κ3) is 11.6. The molecule has 0 amide bonds. The number of aliphatic hydroxyl groups is 1. The molecule has 11 nitrogen and oxygen atoms in total. The molecule has 224 valence electrons. The Balaban J connectivity index is 1.19. The van der Waals surface area contributed by atoms with Crippen LogP contribution in [0.4, 0.5) is 0 Å². The Morgan fingerprint density at radius 3 is 2.49 bits per heavy atom. The average Bonchev–Trinajstić information content (AvgIpc) is 2.90. The number of aryl methyl sites for hydroxylation is 1. The number of nitrogens with two attached hydrogens (primary N) is 1. The molecule has 3 rings (SSSR count). The highest BCUT2D eigenvalue weighted by Gasteiger charge is 2.14. The number of fused-ring (bicyclic) bond motifs is 1. The highest BCUT2D eigenvalue weighted by molar-refractivity contribution is 7.84. The summed E-state index contributed by atoms with van der Waals surface area (Å²) in [6.45, 7) is 2.54. The van der Waals surface area contributed by atoms with Gasteiger partial charge in [0, 0.05) is 31.2 Å². The molecule has 0 aliphatic carbocycles. The van der Waals surface area contributed by atoms with E-state index in [4.69, 9.17) is 9.88 Å². The van der Waals surface area contributed by atoms with Crippen LogP contribution >= 0.6 is 0 Å². The second-order valence-corrected chi connectivity index (χ2v) is 11.1. The third-order valence-corrected chi connectivity index (χ3v) is 6.97. The van der Waals surface area contributed by atoms with Crippen molar-refractivity contribution < 1.29 is 32.3 Å². The maximum absolute atomic E-state index is 11.6. The van der Waals surface area contributed by atoms with Crippen LogP contribution in [0.3, 0.4) is 0 Å². The molecule has 1 atom stereocenters. The van der Waals surface area contributed by atoms with Gasteiger partial charge in [-0.1, -0.05) is 43.2 Å². The Labute approximate surface area is 239 Å². The molecule has 41 heavy (non-hydrogen) atoms. The number of H-pyrrole nitrogens is 1. The lowest BCUT2D eigenvalue weighted by Crippen LogP contribution is -2.22. The van der Waals surface area contributed by atoms with Crippen LogP contribution in [-0.4, -0.2) is 55.9 Å². The lowest BCUT2D eigenvalue weighted by Gasteiger charge is -2.15. The van der Waals surface area contributed by atoms with Gasteiger partial charge in [-0.3, -0.25) is 9.59 Å². The van der Waals surface area contributed by atoms with E-state index in [1.54, 1.807) is 18.2 Å². The van der Waals surface area contributed by atoms with Crippen LogP contribution in [0, 0.1) is 0 Å². The van der Waals surface area contributed by atoms with Crippen LogP contribution in [0.5, 0.6) is 5.75 Å². The van der Waals surface area contributed by atoms with E-state index >= 15 is 0 Å². The summed E-state index contributed by atoms with van der Waals surface area (Å²) in [5.41, 5.74) is 2.39. The number of carbonyl (C=O) groups is 1. The van der Waals surface area contributed by atoms with Gasteiger partial charge in [0.05, 0.1) is 18.0 Å². The molecule has 1 aromatic heterocycles. The van der Waals surface area contributed by atoms with E-state index in [1.807, 2.05) is 18.2 Å². The lowest BCUT2D eigenvalue weighted by atomic mass is 10.0. The van der Waals surface area contributed by atoms with E-state index in [0.717, 1.165) is 57.1 Å². The first-order valence-corrected chi connectivity index (χ1v) is 15.2. The maximum atomic E-state index is 11.6. The molecule has 1 heterocycles. The van der Waals surface area contributed by atoms with Crippen molar-refractivity contribution in [3.63, 3.8) is 0 Å². The molecule has 12 heteroatoms. The van der Waals surface area contributed by atoms with Crippen molar-refractivity contribution in [2.75, 3.05) is 26.3 Å². The van der Waals surface area contributed by atoms with Crippen molar-refractivity contribution >= 4 is 27.2 Å². The predicted octanol–water partition coefficient (Wildman–Crippen LogP) is 2.75. The number of aromatic amines is 1. The number of phenols is 1. The van der Waals surface area contributed by atoms with Gasteiger partial charge in [0.1, 0.15) is 5.75 Å². The van der Waals surface area contributed by atoms with Gasteiger partial charge in [0.2, 0.25) is 5.56 Å². The van der Waals surface area contributed by atoms with Crippen molar-refractivity contribution in [3.8, 4) is 5.75 Å². The summed E-state index contributed by atoms with van der Waals surface area (Å²) in [6, 6.07) is 13.5. The van der Waals surface area contributed by atoms with Gasteiger partial charge in [-0.2, -0.15) is 13.6 Å². The standard InChI is InChI=1S/C29H39N3O8S/c30-41(37,38)40-28(36)19-22-10-7-9-21(18-22)8-3-6-17-39-16-5-2-1-4-15-31-20-26(34)23-11-13-25(33)29-24(23)12-14-27(35)32-29/h7,9-14,18,26,31,33-34H,1-6,8,15-17,19-20H2,(H,32,35)(H2,30,37,38)/t26-/m0/s1. The molecular formula is C29H39N3O8S. The molecule has 0 fully saturated rings. The van der Waals surface area contributed by atoms with Gasteiger partial charge in [-0.25, -0.2) is 0 Å². The quantitative estimate of drug-likeness (QED) is 0.139. The van der Waals surface area contributed by atoms with E-state index in [2.05, 4.69) is 14.5 Å². The second kappa shape index (κ2) is 16.2. The van der Waals surface area contributed by atoms with E-state index in [-0.39, 0.29) is 17.7 Å². The maximum Gasteiger partial charge on any atom is 0.382 e. The van der Waals surface area contributed by atoms with E-state index in [1.165, 1.54) is 12.1 Å². The fourth-order valence-electron chi connectivity index (χ4n) is 4.56. The van der Waals surface area contributed by atoms with Crippen molar-refractivity contribution in [2.24, 2.45) is 5.14 Å². The second-order valence-electron chi connectivity index (χ2n) is 9.93. The average molecular weight is 590 g/mol. The fraction of sp³-hybridized carbons (Fsp3) is 0.448. The highest BCUT2D eigenvalue weighted by Crippen LogP contribution is 2.28. The summed E-state index contributed by atoms with van der Waals surface area (Å²) in [5.74, 6) is -0.936. The molecule has 3 aromatic rings. The van der Waals surface area contributed by atoms with Crippen LogP contribution in [-0.2, 0) is 36.9 Å². The van der Waals surface area contributed by atoms with Crippen molar-refractivity contribution in [3.05, 3.63) is 75.6 Å². The molecule has 0 spiro atoms. The van der Waals surface area contributed by atoms with Crippen LogP contribution in [0.15, 0.2) is 53.3 Å². The Kier molecular flexibility index (Phi) is 12.8. The molecule has 0 saturated heterocycles. The Bertz CT molecular complexity index is 1440. The summed E-state index contributed by atoms with van der Waals surface area (Å²) in [4.78, 5) is 25.8. The fourth-order valence-corrected chi connectivity index (χ4v) is 4.88. The highest BCUT2D eigenvalue weighted by atomic mass is 32.2. The first-order chi connectivity index (χ1) is 19.6. The van der Waals surface area contributed by atoms with Crippen LogP contribution < -0.4 is 16.0 Å². The number of ether oxygens (including phenoxy) is 1. The number of aromatic hydroxyl groups is 1. The van der Waals surface area contributed by atoms with Gasteiger partial charge < -0.3 is 29.4 Å². The molecule has 0 aliphatic rings. The topological polar surface area (TPSA) is 181 Å². The zero-order chi connectivity index (χ0) is 29.7. The minimum absolute atomic E-state index is 0.0268. The normalized spacial score (nSPS) is 12.4. The summed E-state index contributed by atoms with van der Waals surface area (Å²) < 4.78 is 31.6. The largest absolute Gasteiger partial charge is 0.506 e. The van der Waals surface area contributed by atoms with Crippen LogP contribution in [0.2, 0.25) is 0 Å². The number of carbonyl (C=O) groups excluding carboxylic acids is 1. The monoisotopic (exact) mass is 589 g/mol. The Hall–Kier alpha value is -3.29. The first-order valence-electron chi connectivity index (χ1n) is 13.8. The molecule has 0 bridgehead atoms. The number of phenolic OH excluding ortho intramolecular Hbond substituents is 1. The summed E-state index contributed by atoms with van der Waals surface area (Å²) in [6.07, 6.45) is 5.82. The SMILES string of the molecule is NS(=O)(=O)OC(=O)Cc1cccc(CCCCOCCCCCCNC[C@H](O)c2ccc(O)c3[nH]c(=O)ccc23)c1. The van der Waals surface area contributed by atoms with Crippen LogP contribution in [0.25, 0.3) is 10.9 Å². The van der Waals surface area contributed by atoms with Gasteiger partial charge in [0.15, 0.2) is 0 Å². The smallest absolute Gasteiger partial charge is 0.382 e.